The fourth-order valence-corrected chi connectivity index (χ4v) is 6.37. The first-order valence-corrected chi connectivity index (χ1v) is 15.8. The number of aromatic nitrogens is 4. The van der Waals surface area contributed by atoms with Gasteiger partial charge in [0.05, 0.1) is 42.4 Å². The van der Waals surface area contributed by atoms with Gasteiger partial charge >= 0.3 is 6.09 Å². The van der Waals surface area contributed by atoms with Gasteiger partial charge < -0.3 is 35.9 Å². The second kappa shape index (κ2) is 13.2. The third-order valence-electron chi connectivity index (χ3n) is 8.92. The van der Waals surface area contributed by atoms with E-state index < -0.39 is 18.2 Å². The van der Waals surface area contributed by atoms with Crippen LogP contribution >= 0.6 is 0 Å². The molecule has 12 nitrogen and oxygen atoms in total. The van der Waals surface area contributed by atoms with Gasteiger partial charge in [0.1, 0.15) is 17.7 Å². The number of H-pyrrole nitrogens is 2. The molecule has 2 saturated heterocycles. The number of aromatic amines is 2. The zero-order valence-corrected chi connectivity index (χ0v) is 26.1. The Hall–Kier alpha value is -4.97. The van der Waals surface area contributed by atoms with Crippen molar-refractivity contribution in [2.45, 2.75) is 64.2 Å². The Balaban J connectivity index is 1.10. The van der Waals surface area contributed by atoms with Crippen molar-refractivity contribution >= 4 is 17.9 Å². The molecule has 4 aromatic rings. The molecule has 46 heavy (non-hydrogen) atoms. The summed E-state index contributed by atoms with van der Waals surface area (Å²) in [5, 5.41) is 11.6. The van der Waals surface area contributed by atoms with Crippen LogP contribution in [0.2, 0.25) is 0 Å². The Labute approximate surface area is 267 Å². The summed E-state index contributed by atoms with van der Waals surface area (Å²) in [5.41, 5.74) is 11.8. The van der Waals surface area contributed by atoms with Crippen LogP contribution in [0.4, 0.5) is 4.79 Å². The molecule has 3 amide bonds. The van der Waals surface area contributed by atoms with Crippen molar-refractivity contribution in [1.82, 2.24) is 35.1 Å². The highest BCUT2D eigenvalue weighted by Crippen LogP contribution is 2.33. The highest BCUT2D eigenvalue weighted by Gasteiger charge is 2.37. The second-order valence-corrected chi connectivity index (χ2v) is 12.4. The van der Waals surface area contributed by atoms with Crippen molar-refractivity contribution in [1.29, 1.82) is 0 Å². The zero-order chi connectivity index (χ0) is 32.4. The van der Waals surface area contributed by atoms with E-state index in [4.69, 9.17) is 5.73 Å². The minimum atomic E-state index is -1.21. The van der Waals surface area contributed by atoms with Crippen LogP contribution in [0.5, 0.6) is 0 Å². The van der Waals surface area contributed by atoms with Gasteiger partial charge in [-0.25, -0.2) is 14.8 Å². The molecule has 6 rings (SSSR count). The lowest BCUT2D eigenvalue weighted by molar-refractivity contribution is -0.136. The highest BCUT2D eigenvalue weighted by atomic mass is 16.4. The van der Waals surface area contributed by atoms with Gasteiger partial charge in [0.15, 0.2) is 0 Å². The van der Waals surface area contributed by atoms with E-state index in [-0.39, 0.29) is 23.8 Å². The van der Waals surface area contributed by atoms with Crippen LogP contribution in [0.15, 0.2) is 60.9 Å². The number of nitrogens with two attached hydrogens (primary N) is 1. The molecule has 2 aliphatic heterocycles. The van der Waals surface area contributed by atoms with E-state index in [1.54, 1.807) is 22.2 Å². The van der Waals surface area contributed by atoms with Crippen molar-refractivity contribution in [3.63, 3.8) is 0 Å². The lowest BCUT2D eigenvalue weighted by atomic mass is 10.0. The molecular weight excluding hydrogens is 584 g/mol. The van der Waals surface area contributed by atoms with Gasteiger partial charge in [-0.15, -0.1) is 0 Å². The Morgan fingerprint density at radius 2 is 1.50 bits per heavy atom. The smallest absolute Gasteiger partial charge is 0.405 e. The van der Waals surface area contributed by atoms with Crippen LogP contribution in [0.1, 0.15) is 57.2 Å². The number of carbonyl (C=O) groups is 3. The van der Waals surface area contributed by atoms with Gasteiger partial charge in [-0.05, 0) is 53.9 Å². The van der Waals surface area contributed by atoms with Crippen LogP contribution in [0, 0.1) is 5.92 Å². The summed E-state index contributed by atoms with van der Waals surface area (Å²) in [6.45, 7) is 5.36. The zero-order valence-electron chi connectivity index (χ0n) is 26.1. The van der Waals surface area contributed by atoms with Gasteiger partial charge in [-0.1, -0.05) is 62.4 Å². The molecule has 0 saturated carbocycles. The molecule has 2 fully saturated rings. The lowest BCUT2D eigenvalue weighted by Gasteiger charge is -2.29. The first-order valence-electron chi connectivity index (χ1n) is 15.8. The number of hydrogen-bond donors (Lipinski definition) is 5. The predicted molar refractivity (Wildman–Crippen MR) is 173 cm³/mol. The molecule has 12 heteroatoms. The first kappa shape index (κ1) is 31.0. The molecule has 0 spiro atoms. The van der Waals surface area contributed by atoms with Gasteiger partial charge in [0.2, 0.25) is 11.8 Å². The van der Waals surface area contributed by atoms with Crippen LogP contribution in [0.25, 0.3) is 33.6 Å². The standard InChI is InChI=1S/C34H40N8O4/c1-20(2)30(40-34(45)46)33(44)42-16-4-6-28(42)31-37-18-27(39-31)24-13-9-22(10-14-24)21-7-11-23(12-8-21)26-17-36-29(38-26)19-41-15-3-5-25(35)32(41)43/h7-14,17-18,20,25,28,30,40H,3-6,15-16,19,35H2,1-2H3,(H,36,38)(H,37,39)(H,45,46)/t25?,28?,30-/m1/s1. The van der Waals surface area contributed by atoms with Crippen LogP contribution in [-0.2, 0) is 16.1 Å². The molecule has 4 heterocycles. The fraction of sp³-hybridized carbons (Fsp3) is 0.382. The van der Waals surface area contributed by atoms with Gasteiger partial charge in [0.25, 0.3) is 0 Å². The Morgan fingerprint density at radius 3 is 2.13 bits per heavy atom. The fourth-order valence-electron chi connectivity index (χ4n) is 6.37. The summed E-state index contributed by atoms with van der Waals surface area (Å²) in [7, 11) is 0. The molecule has 0 bridgehead atoms. The number of piperidine rings is 1. The summed E-state index contributed by atoms with van der Waals surface area (Å²) in [4.78, 5) is 56.3. The minimum Gasteiger partial charge on any atom is -0.465 e. The van der Waals surface area contributed by atoms with E-state index in [2.05, 4.69) is 49.5 Å². The molecule has 0 aliphatic carbocycles. The first-order chi connectivity index (χ1) is 22.2. The van der Waals surface area contributed by atoms with E-state index in [1.807, 2.05) is 38.1 Å². The Kier molecular flexibility index (Phi) is 8.89. The quantitative estimate of drug-likeness (QED) is 0.182. The predicted octanol–water partition coefficient (Wildman–Crippen LogP) is 4.54. The van der Waals surface area contributed by atoms with E-state index in [1.165, 1.54) is 0 Å². The summed E-state index contributed by atoms with van der Waals surface area (Å²) < 4.78 is 0. The molecule has 0 radical (unpaired) electrons. The Morgan fingerprint density at radius 1 is 0.913 bits per heavy atom. The second-order valence-electron chi connectivity index (χ2n) is 12.4. The van der Waals surface area contributed by atoms with Crippen molar-refractivity contribution < 1.29 is 19.5 Å². The minimum absolute atomic E-state index is 0.0213. The number of amides is 3. The molecule has 2 aliphatic rings. The number of carboxylic acid groups (broad SMARTS) is 1. The number of benzene rings is 2. The summed E-state index contributed by atoms with van der Waals surface area (Å²) in [6.07, 6.45) is 5.60. The average Bonchev–Trinajstić information content (AvgIpc) is 3.83. The summed E-state index contributed by atoms with van der Waals surface area (Å²) in [6, 6.07) is 15.0. The van der Waals surface area contributed by atoms with Gasteiger partial charge in [-0.3, -0.25) is 9.59 Å². The van der Waals surface area contributed by atoms with Crippen molar-refractivity contribution in [3.05, 3.63) is 72.6 Å². The van der Waals surface area contributed by atoms with Crippen molar-refractivity contribution in [2.75, 3.05) is 13.1 Å². The van der Waals surface area contributed by atoms with Crippen molar-refractivity contribution in [2.24, 2.45) is 11.7 Å². The maximum absolute atomic E-state index is 13.3. The SMILES string of the molecule is CC(C)[C@@H](NC(=O)O)C(=O)N1CCCC1c1ncc(-c2ccc(-c3ccc(-c4cnc(CN5CCCC(N)C5=O)[nH]4)cc3)cc2)[nH]1. The van der Waals surface area contributed by atoms with Gasteiger partial charge in [-0.2, -0.15) is 0 Å². The molecular formula is C34H40N8O4. The maximum Gasteiger partial charge on any atom is 0.405 e. The normalized spacial score (nSPS) is 19.1. The van der Waals surface area contributed by atoms with Crippen LogP contribution in [-0.4, -0.2) is 77.9 Å². The van der Waals surface area contributed by atoms with Gasteiger partial charge in [0, 0.05) is 13.1 Å². The number of nitrogens with one attached hydrogen (secondary N) is 3. The Bertz CT molecular complexity index is 1690. The molecule has 240 valence electrons. The van der Waals surface area contributed by atoms with E-state index in [0.29, 0.717) is 25.5 Å². The molecule has 3 atom stereocenters. The number of carbonyl (C=O) groups excluding carboxylic acids is 2. The number of rotatable bonds is 9. The van der Waals surface area contributed by atoms with E-state index in [0.717, 1.165) is 65.1 Å². The molecule has 2 aromatic carbocycles. The number of imidazole rings is 2. The van der Waals surface area contributed by atoms with E-state index in [9.17, 15) is 19.5 Å². The number of likely N-dealkylation sites (tertiary alicyclic amines) is 2. The number of nitrogens with zero attached hydrogens (tertiary/aromatic N) is 4. The molecule has 2 aromatic heterocycles. The maximum atomic E-state index is 13.3. The monoisotopic (exact) mass is 624 g/mol. The van der Waals surface area contributed by atoms with E-state index >= 15 is 0 Å². The summed E-state index contributed by atoms with van der Waals surface area (Å²) in [5.74, 6) is 1.02. The molecule has 2 unspecified atom stereocenters. The molecule has 6 N–H and O–H groups in total. The third-order valence-corrected chi connectivity index (χ3v) is 8.92. The largest absolute Gasteiger partial charge is 0.465 e. The van der Waals surface area contributed by atoms with Crippen LogP contribution in [0.3, 0.4) is 0 Å². The lowest BCUT2D eigenvalue weighted by Crippen LogP contribution is -2.50. The average molecular weight is 625 g/mol. The van der Waals surface area contributed by atoms with Crippen LogP contribution < -0.4 is 11.1 Å². The highest BCUT2D eigenvalue weighted by molar-refractivity contribution is 5.86. The third kappa shape index (κ3) is 6.52. The summed E-state index contributed by atoms with van der Waals surface area (Å²) >= 11 is 0. The van der Waals surface area contributed by atoms with Crippen molar-refractivity contribution in [3.8, 4) is 33.6 Å². The number of hydrogen-bond acceptors (Lipinski definition) is 6. The topological polar surface area (TPSA) is 173 Å².